The lowest BCUT2D eigenvalue weighted by molar-refractivity contribution is -0.136. The van der Waals surface area contributed by atoms with Crippen LogP contribution >= 0.6 is 15.9 Å². The fourth-order valence-electron chi connectivity index (χ4n) is 2.92. The molecule has 23 heavy (non-hydrogen) atoms. The topological polar surface area (TPSA) is 53.9 Å². The number of esters is 1. The Balaban J connectivity index is 2.17. The Morgan fingerprint density at radius 2 is 1.91 bits per heavy atom. The number of benzene rings is 1. The van der Waals surface area contributed by atoms with Crippen LogP contribution in [0.25, 0.3) is 0 Å². The van der Waals surface area contributed by atoms with Gasteiger partial charge in [0.15, 0.2) is 0 Å². The minimum atomic E-state index is -0.376. The van der Waals surface area contributed by atoms with Crippen molar-refractivity contribution < 1.29 is 9.53 Å². The van der Waals surface area contributed by atoms with Crippen LogP contribution in [0, 0.1) is 11.8 Å². The minimum Gasteiger partial charge on any atom is -0.460 e. The Hall–Kier alpha value is -1.56. The largest absolute Gasteiger partial charge is 0.460 e. The first kappa shape index (κ1) is 17.8. The van der Waals surface area contributed by atoms with Gasteiger partial charge in [0.05, 0.1) is 12.3 Å². The summed E-state index contributed by atoms with van der Waals surface area (Å²) in [5, 5.41) is 4.34. The summed E-state index contributed by atoms with van der Waals surface area (Å²) < 4.78 is 6.17. The zero-order chi connectivity index (χ0) is 16.8. The Morgan fingerprint density at radius 1 is 1.30 bits per heavy atom. The highest BCUT2D eigenvalue weighted by atomic mass is 79.9. The number of anilines is 1. The number of nitrogens with one attached hydrogen (secondary N) is 1. The van der Waals surface area contributed by atoms with Crippen LogP contribution in [-0.4, -0.2) is 36.4 Å². The van der Waals surface area contributed by atoms with E-state index in [4.69, 9.17) is 4.74 Å². The number of hydrogen-bond donors (Lipinski definition) is 1. The second-order valence-corrected chi connectivity index (χ2v) is 7.04. The number of carbonyl (C=O) groups excluding carboxylic acids is 1. The second kappa shape index (κ2) is 8.34. The summed E-state index contributed by atoms with van der Waals surface area (Å²) in [5.41, 5.74) is 3.79. The van der Waals surface area contributed by atoms with Gasteiger partial charge in [0.2, 0.25) is 5.84 Å². The maximum Gasteiger partial charge on any atom is 0.375 e. The first-order chi connectivity index (χ1) is 11.0. The molecule has 1 fully saturated rings. The summed E-state index contributed by atoms with van der Waals surface area (Å²) in [6, 6.07) is 7.65. The Labute approximate surface area is 146 Å². The van der Waals surface area contributed by atoms with E-state index in [0.29, 0.717) is 24.3 Å². The van der Waals surface area contributed by atoms with Gasteiger partial charge in [-0.3, -0.25) is 5.43 Å². The van der Waals surface area contributed by atoms with E-state index in [1.807, 2.05) is 29.2 Å². The third kappa shape index (κ3) is 5.23. The van der Waals surface area contributed by atoms with Gasteiger partial charge in [-0.2, -0.15) is 0 Å². The lowest BCUT2D eigenvalue weighted by Gasteiger charge is -2.36. The molecule has 0 amide bonds. The molecular formula is C17H24BrN3O2. The number of piperidine rings is 1. The van der Waals surface area contributed by atoms with Crippen LogP contribution in [-0.2, 0) is 9.53 Å². The van der Waals surface area contributed by atoms with Crippen LogP contribution in [0.15, 0.2) is 33.8 Å². The lowest BCUT2D eigenvalue weighted by atomic mass is 9.92. The van der Waals surface area contributed by atoms with Crippen molar-refractivity contribution in [1.82, 2.24) is 4.90 Å². The number of likely N-dealkylation sites (tertiary alicyclic amines) is 1. The molecule has 0 radical (unpaired) electrons. The SMILES string of the molecule is CCOC(=O)/C(=N\Nc1ccc(Br)cc1)N1CC(C)CC(C)C1. The van der Waals surface area contributed by atoms with Gasteiger partial charge in [0.25, 0.3) is 0 Å². The normalized spacial score (nSPS) is 21.9. The summed E-state index contributed by atoms with van der Waals surface area (Å²) in [6.07, 6.45) is 1.17. The van der Waals surface area contributed by atoms with Crippen molar-refractivity contribution in [2.45, 2.75) is 27.2 Å². The predicted octanol–water partition coefficient (Wildman–Crippen LogP) is 3.72. The van der Waals surface area contributed by atoms with Gasteiger partial charge < -0.3 is 9.64 Å². The average Bonchev–Trinajstić information content (AvgIpc) is 2.48. The number of hydrogen-bond acceptors (Lipinski definition) is 4. The zero-order valence-electron chi connectivity index (χ0n) is 13.9. The summed E-state index contributed by atoms with van der Waals surface area (Å²) in [4.78, 5) is 14.3. The van der Waals surface area contributed by atoms with Crippen molar-refractivity contribution in [3.05, 3.63) is 28.7 Å². The molecule has 5 nitrogen and oxygen atoms in total. The molecule has 126 valence electrons. The quantitative estimate of drug-likeness (QED) is 0.375. The summed E-state index contributed by atoms with van der Waals surface area (Å²) in [6.45, 7) is 8.20. The standard InChI is InChI=1S/C17H24BrN3O2/c1-4-23-17(22)16(21-10-12(2)9-13(3)11-21)20-19-15-7-5-14(18)6-8-15/h5-8,12-13,19H,4,9-11H2,1-3H3/b20-16+. The van der Waals surface area contributed by atoms with Crippen molar-refractivity contribution in [1.29, 1.82) is 0 Å². The molecule has 1 aromatic rings. The number of halogens is 1. The second-order valence-electron chi connectivity index (χ2n) is 6.13. The molecule has 1 N–H and O–H groups in total. The Bertz CT molecular complexity index is 549. The van der Waals surface area contributed by atoms with Crippen molar-refractivity contribution in [3.8, 4) is 0 Å². The summed E-state index contributed by atoms with van der Waals surface area (Å²) in [5.74, 6) is 1.05. The molecule has 1 saturated heterocycles. The van der Waals surface area contributed by atoms with Crippen LogP contribution in [0.1, 0.15) is 27.2 Å². The minimum absolute atomic E-state index is 0.342. The maximum absolute atomic E-state index is 12.3. The number of ether oxygens (including phenoxy) is 1. The van der Waals surface area contributed by atoms with E-state index in [2.05, 4.69) is 40.3 Å². The zero-order valence-corrected chi connectivity index (χ0v) is 15.5. The highest BCUT2D eigenvalue weighted by molar-refractivity contribution is 9.10. The Kier molecular flexibility index (Phi) is 6.45. The smallest absolute Gasteiger partial charge is 0.375 e. The molecule has 2 atom stereocenters. The first-order valence-electron chi connectivity index (χ1n) is 8.01. The number of amidine groups is 1. The van der Waals surface area contributed by atoms with Crippen molar-refractivity contribution in [2.24, 2.45) is 16.9 Å². The van der Waals surface area contributed by atoms with E-state index in [1.165, 1.54) is 6.42 Å². The molecule has 1 aliphatic rings. The monoisotopic (exact) mass is 381 g/mol. The van der Waals surface area contributed by atoms with E-state index in [0.717, 1.165) is 23.2 Å². The van der Waals surface area contributed by atoms with Crippen LogP contribution < -0.4 is 5.43 Å². The molecule has 1 aliphatic heterocycles. The van der Waals surface area contributed by atoms with E-state index in [9.17, 15) is 4.79 Å². The summed E-state index contributed by atoms with van der Waals surface area (Å²) in [7, 11) is 0. The molecule has 1 aromatic carbocycles. The maximum atomic E-state index is 12.3. The molecule has 2 rings (SSSR count). The van der Waals surface area contributed by atoms with E-state index in [1.54, 1.807) is 6.92 Å². The molecule has 0 bridgehead atoms. The van der Waals surface area contributed by atoms with Gasteiger partial charge in [-0.05, 0) is 49.4 Å². The van der Waals surface area contributed by atoms with Gasteiger partial charge in [-0.25, -0.2) is 4.79 Å². The highest BCUT2D eigenvalue weighted by Gasteiger charge is 2.28. The van der Waals surface area contributed by atoms with Crippen molar-refractivity contribution in [2.75, 3.05) is 25.1 Å². The molecule has 0 aliphatic carbocycles. The third-order valence-electron chi connectivity index (χ3n) is 3.76. The molecule has 1 heterocycles. The molecule has 0 aromatic heterocycles. The highest BCUT2D eigenvalue weighted by Crippen LogP contribution is 2.22. The van der Waals surface area contributed by atoms with Crippen LogP contribution in [0.5, 0.6) is 0 Å². The van der Waals surface area contributed by atoms with Crippen molar-refractivity contribution >= 4 is 33.4 Å². The number of carbonyl (C=O) groups is 1. The van der Waals surface area contributed by atoms with E-state index < -0.39 is 0 Å². The predicted molar refractivity (Wildman–Crippen MR) is 96.4 cm³/mol. The van der Waals surface area contributed by atoms with Gasteiger partial charge >= 0.3 is 5.97 Å². The molecule has 0 spiro atoms. The number of nitrogens with zero attached hydrogens (tertiary/aromatic N) is 2. The number of hydrazone groups is 1. The fourth-order valence-corrected chi connectivity index (χ4v) is 3.18. The lowest BCUT2D eigenvalue weighted by Crippen LogP contribution is -2.46. The van der Waals surface area contributed by atoms with Crippen LogP contribution in [0.4, 0.5) is 5.69 Å². The van der Waals surface area contributed by atoms with Gasteiger partial charge in [-0.1, -0.05) is 29.8 Å². The molecular weight excluding hydrogens is 358 g/mol. The van der Waals surface area contributed by atoms with Gasteiger partial charge in [0, 0.05) is 17.6 Å². The van der Waals surface area contributed by atoms with E-state index in [-0.39, 0.29) is 5.97 Å². The van der Waals surface area contributed by atoms with Gasteiger partial charge in [-0.15, -0.1) is 5.10 Å². The molecule has 2 unspecified atom stereocenters. The van der Waals surface area contributed by atoms with Crippen LogP contribution in [0.2, 0.25) is 0 Å². The average molecular weight is 382 g/mol. The molecule has 0 saturated carbocycles. The first-order valence-corrected chi connectivity index (χ1v) is 8.80. The Morgan fingerprint density at radius 3 is 2.48 bits per heavy atom. The van der Waals surface area contributed by atoms with Crippen LogP contribution in [0.3, 0.4) is 0 Å². The fraction of sp³-hybridized carbons (Fsp3) is 0.529. The van der Waals surface area contributed by atoms with Crippen molar-refractivity contribution in [3.63, 3.8) is 0 Å². The summed E-state index contributed by atoms with van der Waals surface area (Å²) >= 11 is 3.40. The van der Waals surface area contributed by atoms with E-state index >= 15 is 0 Å². The van der Waals surface area contributed by atoms with Gasteiger partial charge in [0.1, 0.15) is 0 Å². The third-order valence-corrected chi connectivity index (χ3v) is 4.29. The molecule has 6 heteroatoms. The number of rotatable bonds is 3.